The molecule has 1 heterocycles. The highest BCUT2D eigenvalue weighted by Crippen LogP contribution is 2.12. The standard InChI is InChI=1S/C12H10F2N4O3/c1-6-16-10(21-18-6)5-15-11(19)12(20)17-9-3-7(13)2-8(14)4-9/h2-4H,5H2,1H3,(H,15,19)(H,17,20). The summed E-state index contributed by atoms with van der Waals surface area (Å²) in [6.45, 7) is 1.46. The van der Waals surface area contributed by atoms with E-state index in [1.54, 1.807) is 6.92 Å². The molecular formula is C12H10F2N4O3. The van der Waals surface area contributed by atoms with Gasteiger partial charge in [0.15, 0.2) is 5.82 Å². The SMILES string of the molecule is Cc1noc(CNC(=O)C(=O)Nc2cc(F)cc(F)c2)n1. The molecule has 9 heteroatoms. The maximum atomic E-state index is 12.9. The Balaban J connectivity index is 1.91. The van der Waals surface area contributed by atoms with E-state index in [0.29, 0.717) is 11.9 Å². The quantitative estimate of drug-likeness (QED) is 0.821. The van der Waals surface area contributed by atoms with Gasteiger partial charge in [0.1, 0.15) is 11.6 Å². The molecule has 7 nitrogen and oxygen atoms in total. The average molecular weight is 296 g/mol. The fourth-order valence-corrected chi connectivity index (χ4v) is 1.46. The van der Waals surface area contributed by atoms with Crippen LogP contribution in [0.15, 0.2) is 22.7 Å². The summed E-state index contributed by atoms with van der Waals surface area (Å²) in [5.41, 5.74) is -0.165. The van der Waals surface area contributed by atoms with Crippen molar-refractivity contribution in [1.29, 1.82) is 0 Å². The number of benzene rings is 1. The van der Waals surface area contributed by atoms with Crippen LogP contribution in [0.25, 0.3) is 0 Å². The largest absolute Gasteiger partial charge is 0.339 e. The van der Waals surface area contributed by atoms with E-state index in [0.717, 1.165) is 12.1 Å². The molecule has 2 N–H and O–H groups in total. The molecule has 0 atom stereocenters. The summed E-state index contributed by atoms with van der Waals surface area (Å²) < 4.78 is 30.6. The number of hydrogen-bond donors (Lipinski definition) is 2. The fourth-order valence-electron chi connectivity index (χ4n) is 1.46. The number of amides is 2. The maximum absolute atomic E-state index is 12.9. The first-order chi connectivity index (χ1) is 9.94. The Morgan fingerprint density at radius 2 is 1.86 bits per heavy atom. The van der Waals surface area contributed by atoms with Gasteiger partial charge in [-0.25, -0.2) is 8.78 Å². The predicted octanol–water partition coefficient (Wildman–Crippen LogP) is 0.911. The van der Waals surface area contributed by atoms with E-state index in [1.165, 1.54) is 0 Å². The molecule has 2 rings (SSSR count). The van der Waals surface area contributed by atoms with Crippen LogP contribution in [0.3, 0.4) is 0 Å². The molecule has 21 heavy (non-hydrogen) atoms. The third-order valence-electron chi connectivity index (χ3n) is 2.30. The van der Waals surface area contributed by atoms with Gasteiger partial charge in [0.2, 0.25) is 5.89 Å². The lowest BCUT2D eigenvalue weighted by Crippen LogP contribution is -2.35. The number of anilines is 1. The molecule has 0 spiro atoms. The average Bonchev–Trinajstić information content (AvgIpc) is 2.80. The molecule has 0 fully saturated rings. The smallest absolute Gasteiger partial charge is 0.313 e. The number of rotatable bonds is 3. The van der Waals surface area contributed by atoms with Crippen LogP contribution in [-0.4, -0.2) is 22.0 Å². The van der Waals surface area contributed by atoms with E-state index >= 15 is 0 Å². The second-order valence-corrected chi connectivity index (χ2v) is 4.03. The summed E-state index contributed by atoms with van der Waals surface area (Å²) in [7, 11) is 0. The van der Waals surface area contributed by atoms with Crippen LogP contribution in [0.5, 0.6) is 0 Å². The van der Waals surface area contributed by atoms with Gasteiger partial charge in [-0.15, -0.1) is 0 Å². The molecular weight excluding hydrogens is 286 g/mol. The summed E-state index contributed by atoms with van der Waals surface area (Å²) >= 11 is 0. The van der Waals surface area contributed by atoms with Crippen molar-refractivity contribution in [1.82, 2.24) is 15.5 Å². The number of carbonyl (C=O) groups is 2. The Kier molecular flexibility index (Phi) is 4.21. The van der Waals surface area contributed by atoms with Crippen molar-refractivity contribution in [2.45, 2.75) is 13.5 Å². The zero-order chi connectivity index (χ0) is 15.4. The predicted molar refractivity (Wildman–Crippen MR) is 65.9 cm³/mol. The highest BCUT2D eigenvalue weighted by Gasteiger charge is 2.15. The molecule has 0 radical (unpaired) electrons. The van der Waals surface area contributed by atoms with Gasteiger partial charge in [0.25, 0.3) is 0 Å². The van der Waals surface area contributed by atoms with E-state index in [2.05, 4.69) is 20.8 Å². The van der Waals surface area contributed by atoms with Gasteiger partial charge in [-0.05, 0) is 19.1 Å². The first-order valence-electron chi connectivity index (χ1n) is 5.78. The Hall–Kier alpha value is -2.84. The molecule has 1 aromatic heterocycles. The third-order valence-corrected chi connectivity index (χ3v) is 2.30. The minimum Gasteiger partial charge on any atom is -0.339 e. The third kappa shape index (κ3) is 4.06. The van der Waals surface area contributed by atoms with Gasteiger partial charge in [-0.1, -0.05) is 5.16 Å². The van der Waals surface area contributed by atoms with Crippen molar-refractivity contribution in [3.8, 4) is 0 Å². The van der Waals surface area contributed by atoms with Crippen molar-refractivity contribution in [3.63, 3.8) is 0 Å². The van der Waals surface area contributed by atoms with Crippen molar-refractivity contribution in [2.24, 2.45) is 0 Å². The molecule has 0 aliphatic rings. The summed E-state index contributed by atoms with van der Waals surface area (Å²) in [5, 5.41) is 7.80. The van der Waals surface area contributed by atoms with E-state index in [1.807, 2.05) is 0 Å². The van der Waals surface area contributed by atoms with Gasteiger partial charge in [-0.3, -0.25) is 9.59 Å². The Labute approximate surface area is 117 Å². The Morgan fingerprint density at radius 1 is 1.19 bits per heavy atom. The number of nitrogens with one attached hydrogen (secondary N) is 2. The molecule has 0 aliphatic carbocycles. The molecule has 0 saturated carbocycles. The first-order valence-corrected chi connectivity index (χ1v) is 5.78. The molecule has 0 saturated heterocycles. The van der Waals surface area contributed by atoms with Gasteiger partial charge in [0.05, 0.1) is 6.54 Å². The minimum absolute atomic E-state index is 0.130. The molecule has 2 aromatic rings. The number of aromatic nitrogens is 2. The number of hydrogen-bond acceptors (Lipinski definition) is 5. The second-order valence-electron chi connectivity index (χ2n) is 4.03. The van der Waals surface area contributed by atoms with E-state index < -0.39 is 23.4 Å². The van der Waals surface area contributed by atoms with Gasteiger partial charge in [0, 0.05) is 11.8 Å². The van der Waals surface area contributed by atoms with Crippen molar-refractivity contribution in [3.05, 3.63) is 41.5 Å². The summed E-state index contributed by atoms with van der Waals surface area (Å²) in [5.74, 6) is -3.30. The van der Waals surface area contributed by atoms with Crippen molar-refractivity contribution >= 4 is 17.5 Å². The molecule has 1 aromatic carbocycles. The van der Waals surface area contributed by atoms with Gasteiger partial charge in [-0.2, -0.15) is 4.98 Å². The van der Waals surface area contributed by atoms with Crippen LogP contribution >= 0.6 is 0 Å². The second kappa shape index (κ2) is 6.07. The number of carbonyl (C=O) groups excluding carboxylic acids is 2. The highest BCUT2D eigenvalue weighted by atomic mass is 19.1. The highest BCUT2D eigenvalue weighted by molar-refractivity contribution is 6.39. The first kappa shape index (κ1) is 14.6. The Bertz CT molecular complexity index is 667. The lowest BCUT2D eigenvalue weighted by Gasteiger charge is -2.05. The lowest BCUT2D eigenvalue weighted by molar-refractivity contribution is -0.136. The minimum atomic E-state index is -1.07. The number of aryl methyl sites for hydroxylation is 1. The topological polar surface area (TPSA) is 97.1 Å². The van der Waals surface area contributed by atoms with Crippen LogP contribution < -0.4 is 10.6 Å². The zero-order valence-electron chi connectivity index (χ0n) is 10.8. The molecule has 0 unspecified atom stereocenters. The normalized spacial score (nSPS) is 10.2. The van der Waals surface area contributed by atoms with Gasteiger partial charge < -0.3 is 15.2 Å². The van der Waals surface area contributed by atoms with E-state index in [-0.39, 0.29) is 18.1 Å². The molecule has 2 amide bonds. The molecule has 0 aliphatic heterocycles. The van der Waals surface area contributed by atoms with Crippen LogP contribution in [0.2, 0.25) is 0 Å². The van der Waals surface area contributed by atoms with Crippen LogP contribution in [0.4, 0.5) is 14.5 Å². The molecule has 0 bridgehead atoms. The zero-order valence-corrected chi connectivity index (χ0v) is 10.8. The maximum Gasteiger partial charge on any atom is 0.313 e. The van der Waals surface area contributed by atoms with Gasteiger partial charge >= 0.3 is 11.8 Å². The van der Waals surface area contributed by atoms with Crippen LogP contribution in [-0.2, 0) is 16.1 Å². The van der Waals surface area contributed by atoms with E-state index in [4.69, 9.17) is 4.52 Å². The lowest BCUT2D eigenvalue weighted by atomic mass is 10.3. The van der Waals surface area contributed by atoms with E-state index in [9.17, 15) is 18.4 Å². The van der Waals surface area contributed by atoms with Crippen molar-refractivity contribution in [2.75, 3.05) is 5.32 Å². The monoisotopic (exact) mass is 296 g/mol. The summed E-state index contributed by atoms with van der Waals surface area (Å²) in [6.07, 6.45) is 0. The number of nitrogens with zero attached hydrogens (tertiary/aromatic N) is 2. The van der Waals surface area contributed by atoms with Crippen LogP contribution in [0, 0.1) is 18.6 Å². The fraction of sp³-hybridized carbons (Fsp3) is 0.167. The summed E-state index contributed by atoms with van der Waals surface area (Å²) in [4.78, 5) is 26.8. The van der Waals surface area contributed by atoms with Crippen molar-refractivity contribution < 1.29 is 22.9 Å². The summed E-state index contributed by atoms with van der Waals surface area (Å²) in [6, 6.07) is 2.42. The molecule has 110 valence electrons. The Morgan fingerprint density at radius 3 is 2.43 bits per heavy atom. The van der Waals surface area contributed by atoms with Crippen LogP contribution in [0.1, 0.15) is 11.7 Å². The number of halogens is 2.